The van der Waals surface area contributed by atoms with Gasteiger partial charge in [-0.2, -0.15) is 0 Å². The summed E-state index contributed by atoms with van der Waals surface area (Å²) in [7, 11) is 0. The summed E-state index contributed by atoms with van der Waals surface area (Å²) in [6, 6.07) is 4.04. The molecule has 0 aromatic heterocycles. The number of rotatable bonds is 2. The van der Waals surface area contributed by atoms with Crippen LogP contribution in [0.5, 0.6) is 5.75 Å². The van der Waals surface area contributed by atoms with Crippen LogP contribution in [0.4, 0.5) is 0 Å². The van der Waals surface area contributed by atoms with Crippen LogP contribution in [0.1, 0.15) is 18.5 Å². The molecule has 0 aliphatic carbocycles. The zero-order chi connectivity index (χ0) is 12.4. The summed E-state index contributed by atoms with van der Waals surface area (Å²) in [5, 5.41) is 13.5. The Balaban J connectivity index is 0.00000162. The van der Waals surface area contributed by atoms with Crippen LogP contribution in [-0.4, -0.2) is 36.2 Å². The van der Waals surface area contributed by atoms with Gasteiger partial charge in [-0.15, -0.1) is 24.8 Å². The Hall–Kier alpha value is 0.480. The molecule has 7 heteroatoms. The van der Waals surface area contributed by atoms with E-state index in [0.717, 1.165) is 40.7 Å². The molecule has 1 fully saturated rings. The summed E-state index contributed by atoms with van der Waals surface area (Å²) in [4.78, 5) is 2.38. The highest BCUT2D eigenvalue weighted by atomic mass is 79.9. The van der Waals surface area contributed by atoms with Crippen molar-refractivity contribution in [2.24, 2.45) is 0 Å². The monoisotopic (exact) mass is 434 g/mol. The molecule has 1 aliphatic rings. The molecule has 3 nitrogen and oxygen atoms in total. The topological polar surface area (TPSA) is 35.5 Å². The third kappa shape index (κ3) is 4.48. The molecule has 1 aliphatic heterocycles. The van der Waals surface area contributed by atoms with Gasteiger partial charge in [0.25, 0.3) is 0 Å². The zero-order valence-corrected chi connectivity index (χ0v) is 15.3. The van der Waals surface area contributed by atoms with Crippen molar-refractivity contribution in [2.75, 3.05) is 26.2 Å². The standard InChI is InChI=1S/C12H16Br2N2O.2ClH/c1-8(16-6-4-15-5-7-16)11-9(13)2-3-10(14)12(11)17;;/h2-3,8,15,17H,4-7H2,1H3;2*1H/t8-;;/m0../s1. The first-order chi connectivity index (χ1) is 8.11. The van der Waals surface area contributed by atoms with E-state index in [-0.39, 0.29) is 30.9 Å². The van der Waals surface area contributed by atoms with E-state index in [4.69, 9.17) is 0 Å². The summed E-state index contributed by atoms with van der Waals surface area (Å²) in [6.45, 7) is 6.18. The number of aromatic hydroxyl groups is 1. The third-order valence-electron chi connectivity index (χ3n) is 3.23. The lowest BCUT2D eigenvalue weighted by Crippen LogP contribution is -2.44. The Morgan fingerprint density at radius 1 is 1.16 bits per heavy atom. The highest BCUT2D eigenvalue weighted by Gasteiger charge is 2.23. The molecule has 1 atom stereocenters. The lowest BCUT2D eigenvalue weighted by Gasteiger charge is -2.33. The number of nitrogens with zero attached hydrogens (tertiary/aromatic N) is 1. The molecule has 2 rings (SSSR count). The molecule has 19 heavy (non-hydrogen) atoms. The van der Waals surface area contributed by atoms with Crippen molar-refractivity contribution in [3.8, 4) is 5.75 Å². The van der Waals surface area contributed by atoms with Gasteiger partial charge in [0.1, 0.15) is 5.75 Å². The normalized spacial score (nSPS) is 17.2. The van der Waals surface area contributed by atoms with Gasteiger partial charge in [0.15, 0.2) is 0 Å². The van der Waals surface area contributed by atoms with Gasteiger partial charge in [0.2, 0.25) is 0 Å². The quantitative estimate of drug-likeness (QED) is 0.741. The maximum absolute atomic E-state index is 10.2. The zero-order valence-electron chi connectivity index (χ0n) is 10.5. The summed E-state index contributed by atoms with van der Waals surface area (Å²) < 4.78 is 1.71. The molecule has 0 saturated carbocycles. The van der Waals surface area contributed by atoms with Crippen LogP contribution in [0, 0.1) is 0 Å². The Morgan fingerprint density at radius 2 is 1.68 bits per heavy atom. The molecule has 1 heterocycles. The Bertz CT molecular complexity index is 415. The van der Waals surface area contributed by atoms with Crippen molar-refractivity contribution < 1.29 is 5.11 Å². The first-order valence-electron chi connectivity index (χ1n) is 5.73. The average Bonchev–Trinajstić information content (AvgIpc) is 2.35. The van der Waals surface area contributed by atoms with Crippen LogP contribution in [-0.2, 0) is 0 Å². The average molecular weight is 437 g/mol. The minimum Gasteiger partial charge on any atom is -0.506 e. The fourth-order valence-electron chi connectivity index (χ4n) is 2.21. The summed E-state index contributed by atoms with van der Waals surface area (Å²) in [5.41, 5.74) is 0.960. The van der Waals surface area contributed by atoms with Crippen molar-refractivity contribution in [3.05, 3.63) is 26.6 Å². The fourth-order valence-corrected chi connectivity index (χ4v) is 3.20. The number of halogens is 4. The van der Waals surface area contributed by atoms with E-state index in [0.29, 0.717) is 5.75 Å². The second kappa shape index (κ2) is 8.70. The minimum absolute atomic E-state index is 0. The Labute approximate surface area is 143 Å². The van der Waals surface area contributed by atoms with Crippen molar-refractivity contribution in [1.29, 1.82) is 0 Å². The molecular weight excluding hydrogens is 419 g/mol. The van der Waals surface area contributed by atoms with E-state index in [1.54, 1.807) is 0 Å². The third-order valence-corrected chi connectivity index (χ3v) is 4.56. The molecule has 0 unspecified atom stereocenters. The van der Waals surface area contributed by atoms with E-state index in [1.165, 1.54) is 0 Å². The van der Waals surface area contributed by atoms with Gasteiger partial charge < -0.3 is 10.4 Å². The number of nitrogens with one attached hydrogen (secondary N) is 1. The molecule has 1 saturated heterocycles. The maximum Gasteiger partial charge on any atom is 0.135 e. The number of phenolic OH excluding ortho intramolecular Hbond substituents is 1. The van der Waals surface area contributed by atoms with E-state index < -0.39 is 0 Å². The Morgan fingerprint density at radius 3 is 2.26 bits per heavy atom. The van der Waals surface area contributed by atoms with Crippen LogP contribution in [0.3, 0.4) is 0 Å². The smallest absolute Gasteiger partial charge is 0.135 e. The number of phenols is 1. The van der Waals surface area contributed by atoms with E-state index in [1.807, 2.05) is 12.1 Å². The molecule has 1 aromatic carbocycles. The van der Waals surface area contributed by atoms with Crippen molar-refractivity contribution in [1.82, 2.24) is 10.2 Å². The van der Waals surface area contributed by atoms with Gasteiger partial charge in [0, 0.05) is 42.3 Å². The van der Waals surface area contributed by atoms with Gasteiger partial charge in [-0.1, -0.05) is 15.9 Å². The van der Waals surface area contributed by atoms with Gasteiger partial charge in [-0.3, -0.25) is 4.90 Å². The minimum atomic E-state index is 0. The van der Waals surface area contributed by atoms with E-state index in [2.05, 4.69) is 49.0 Å². The van der Waals surface area contributed by atoms with Crippen LogP contribution < -0.4 is 5.32 Å². The number of hydrogen-bond donors (Lipinski definition) is 2. The molecule has 0 amide bonds. The lowest BCUT2D eigenvalue weighted by atomic mass is 10.1. The fraction of sp³-hybridized carbons (Fsp3) is 0.500. The molecule has 2 N–H and O–H groups in total. The number of piperazine rings is 1. The van der Waals surface area contributed by atoms with Crippen molar-refractivity contribution >= 4 is 56.7 Å². The summed E-state index contributed by atoms with van der Waals surface area (Å²) in [5.74, 6) is 0.338. The Kier molecular flexibility index (Phi) is 8.92. The molecule has 0 bridgehead atoms. The number of hydrogen-bond acceptors (Lipinski definition) is 3. The first kappa shape index (κ1) is 19.5. The largest absolute Gasteiger partial charge is 0.506 e. The van der Waals surface area contributed by atoms with Crippen LogP contribution in [0.2, 0.25) is 0 Å². The van der Waals surface area contributed by atoms with Gasteiger partial charge >= 0.3 is 0 Å². The van der Waals surface area contributed by atoms with E-state index >= 15 is 0 Å². The van der Waals surface area contributed by atoms with Crippen molar-refractivity contribution in [3.63, 3.8) is 0 Å². The summed E-state index contributed by atoms with van der Waals surface area (Å²) >= 11 is 6.90. The highest BCUT2D eigenvalue weighted by Crippen LogP contribution is 2.39. The van der Waals surface area contributed by atoms with Gasteiger partial charge in [-0.25, -0.2) is 0 Å². The summed E-state index contributed by atoms with van der Waals surface area (Å²) in [6.07, 6.45) is 0. The van der Waals surface area contributed by atoms with Gasteiger partial charge in [0.05, 0.1) is 4.47 Å². The van der Waals surface area contributed by atoms with Crippen LogP contribution >= 0.6 is 56.7 Å². The molecule has 0 spiro atoms. The van der Waals surface area contributed by atoms with Crippen LogP contribution in [0.15, 0.2) is 21.1 Å². The van der Waals surface area contributed by atoms with Gasteiger partial charge in [-0.05, 0) is 35.0 Å². The predicted molar refractivity (Wildman–Crippen MR) is 90.9 cm³/mol. The second-order valence-corrected chi connectivity index (χ2v) is 5.96. The predicted octanol–water partition coefficient (Wildman–Crippen LogP) is 3.73. The second-order valence-electron chi connectivity index (χ2n) is 4.25. The maximum atomic E-state index is 10.2. The number of benzene rings is 1. The first-order valence-corrected chi connectivity index (χ1v) is 7.31. The molecule has 110 valence electrons. The van der Waals surface area contributed by atoms with E-state index in [9.17, 15) is 5.11 Å². The SMILES string of the molecule is C[C@@H](c1c(Br)ccc(Br)c1O)N1CCNCC1.Cl.Cl. The lowest BCUT2D eigenvalue weighted by molar-refractivity contribution is 0.182. The molecular formula is C12H18Br2Cl2N2O. The van der Waals surface area contributed by atoms with Crippen molar-refractivity contribution in [2.45, 2.75) is 13.0 Å². The molecule has 1 aromatic rings. The highest BCUT2D eigenvalue weighted by molar-refractivity contribution is 9.11. The molecule has 0 radical (unpaired) electrons. The van der Waals surface area contributed by atoms with Crippen LogP contribution in [0.25, 0.3) is 0 Å².